The third-order valence-corrected chi connectivity index (χ3v) is 6.95. The number of fused-ring (bicyclic) bond motifs is 1. The maximum Gasteiger partial charge on any atom is 0.301 e. The summed E-state index contributed by atoms with van der Waals surface area (Å²) < 4.78 is 6.13. The highest BCUT2D eigenvalue weighted by atomic mass is 32.1. The number of aryl methyl sites for hydroxylation is 2. The van der Waals surface area contributed by atoms with Crippen molar-refractivity contribution >= 4 is 44.1 Å². The Morgan fingerprint density at radius 3 is 2.41 bits per heavy atom. The van der Waals surface area contributed by atoms with Gasteiger partial charge in [-0.3, -0.25) is 14.5 Å². The zero-order chi connectivity index (χ0) is 24.0. The Bertz CT molecular complexity index is 1460. The van der Waals surface area contributed by atoms with Crippen molar-refractivity contribution in [3.05, 3.63) is 94.6 Å². The van der Waals surface area contributed by atoms with Gasteiger partial charge in [-0.25, -0.2) is 4.98 Å². The van der Waals surface area contributed by atoms with Crippen LogP contribution < -0.4 is 9.64 Å². The number of aromatic nitrogens is 1. The van der Waals surface area contributed by atoms with E-state index < -0.39 is 17.7 Å². The van der Waals surface area contributed by atoms with Crippen molar-refractivity contribution in [1.82, 2.24) is 4.98 Å². The molecule has 1 amide bonds. The number of carbonyl (C=O) groups is 2. The van der Waals surface area contributed by atoms with E-state index in [1.165, 1.54) is 16.2 Å². The van der Waals surface area contributed by atoms with Gasteiger partial charge < -0.3 is 9.84 Å². The van der Waals surface area contributed by atoms with Gasteiger partial charge in [-0.1, -0.05) is 47.7 Å². The van der Waals surface area contributed by atoms with E-state index in [2.05, 4.69) is 0 Å². The van der Waals surface area contributed by atoms with Crippen molar-refractivity contribution in [3.63, 3.8) is 0 Å². The van der Waals surface area contributed by atoms with Gasteiger partial charge in [-0.05, 0) is 60.9 Å². The zero-order valence-corrected chi connectivity index (χ0v) is 19.7. The molecule has 0 spiro atoms. The van der Waals surface area contributed by atoms with Gasteiger partial charge in [0.25, 0.3) is 5.78 Å². The summed E-state index contributed by atoms with van der Waals surface area (Å²) in [4.78, 5) is 32.8. The number of hydrogen-bond donors (Lipinski definition) is 1. The summed E-state index contributed by atoms with van der Waals surface area (Å²) in [6, 6.07) is 19.2. The van der Waals surface area contributed by atoms with Crippen LogP contribution in [0, 0.1) is 13.8 Å². The van der Waals surface area contributed by atoms with Crippen LogP contribution >= 0.6 is 11.3 Å². The van der Waals surface area contributed by atoms with Crippen molar-refractivity contribution in [1.29, 1.82) is 0 Å². The predicted molar refractivity (Wildman–Crippen MR) is 133 cm³/mol. The summed E-state index contributed by atoms with van der Waals surface area (Å²) >= 11 is 1.36. The molecule has 3 aromatic carbocycles. The number of ether oxygens (including phenoxy) is 1. The van der Waals surface area contributed by atoms with Crippen molar-refractivity contribution in [3.8, 4) is 5.75 Å². The molecule has 1 aromatic heterocycles. The molecule has 1 atom stereocenters. The van der Waals surface area contributed by atoms with Gasteiger partial charge in [0, 0.05) is 5.56 Å². The number of Topliss-reactive ketones (excluding diaryl/α,β-unsaturated/α-hetero) is 1. The molecule has 1 aliphatic rings. The second-order valence-corrected chi connectivity index (χ2v) is 9.24. The fourth-order valence-corrected chi connectivity index (χ4v) is 5.52. The maximum absolute atomic E-state index is 13.3. The van der Waals surface area contributed by atoms with Crippen molar-refractivity contribution in [2.45, 2.75) is 19.9 Å². The highest BCUT2D eigenvalue weighted by Crippen LogP contribution is 2.44. The van der Waals surface area contributed by atoms with Crippen molar-refractivity contribution < 1.29 is 19.4 Å². The lowest BCUT2D eigenvalue weighted by molar-refractivity contribution is -0.132. The Hall–Kier alpha value is -3.97. The molecule has 2 heterocycles. The minimum Gasteiger partial charge on any atom is -0.507 e. The topological polar surface area (TPSA) is 79.7 Å². The van der Waals surface area contributed by atoms with Crippen LogP contribution in [0.4, 0.5) is 5.13 Å². The number of hydrogen-bond acceptors (Lipinski definition) is 6. The number of anilines is 1. The van der Waals surface area contributed by atoms with Crippen LogP contribution in [-0.4, -0.2) is 28.9 Å². The SMILES string of the molecule is COc1ccc(C(O)=C2C(=O)C(=O)N(c3nc4c(C)cc(C)cc4s3)C2c2ccccc2)cc1. The number of methoxy groups -OCH3 is 1. The molecule has 1 fully saturated rings. The first-order chi connectivity index (χ1) is 16.4. The molecule has 0 radical (unpaired) electrons. The second-order valence-electron chi connectivity index (χ2n) is 8.23. The van der Waals surface area contributed by atoms with Gasteiger partial charge in [-0.15, -0.1) is 0 Å². The molecule has 0 bridgehead atoms. The summed E-state index contributed by atoms with van der Waals surface area (Å²) in [5, 5.41) is 11.6. The largest absolute Gasteiger partial charge is 0.507 e. The molecular weight excluding hydrogens is 448 g/mol. The fourth-order valence-electron chi connectivity index (χ4n) is 4.35. The quantitative estimate of drug-likeness (QED) is 0.240. The molecule has 0 aliphatic carbocycles. The number of aliphatic hydroxyl groups is 1. The van der Waals surface area contributed by atoms with Gasteiger partial charge >= 0.3 is 5.91 Å². The van der Waals surface area contributed by atoms with Gasteiger partial charge in [0.2, 0.25) is 0 Å². The van der Waals surface area contributed by atoms with E-state index in [1.807, 2.05) is 56.3 Å². The number of rotatable bonds is 4. The summed E-state index contributed by atoms with van der Waals surface area (Å²) in [5.41, 5.74) is 4.08. The lowest BCUT2D eigenvalue weighted by Crippen LogP contribution is -2.29. The molecular formula is C27H22N2O4S. The molecule has 170 valence electrons. The minimum atomic E-state index is -0.801. The third-order valence-electron chi connectivity index (χ3n) is 5.95. The molecule has 6 nitrogen and oxygen atoms in total. The number of carbonyl (C=O) groups excluding carboxylic acids is 2. The summed E-state index contributed by atoms with van der Waals surface area (Å²) in [6.07, 6.45) is 0. The average molecular weight is 471 g/mol. The number of benzene rings is 3. The van der Waals surface area contributed by atoms with Crippen LogP contribution in [0.5, 0.6) is 5.75 Å². The number of aliphatic hydroxyl groups excluding tert-OH is 1. The molecule has 4 aromatic rings. The third kappa shape index (κ3) is 3.54. The highest BCUT2D eigenvalue weighted by molar-refractivity contribution is 7.22. The van der Waals surface area contributed by atoms with Crippen LogP contribution in [-0.2, 0) is 9.59 Å². The normalized spacial score (nSPS) is 17.5. The molecule has 1 aliphatic heterocycles. The lowest BCUT2D eigenvalue weighted by Gasteiger charge is -2.22. The highest BCUT2D eigenvalue weighted by Gasteiger charge is 2.48. The van der Waals surface area contributed by atoms with E-state index in [-0.39, 0.29) is 11.3 Å². The molecule has 5 rings (SSSR count). The zero-order valence-electron chi connectivity index (χ0n) is 18.9. The standard InChI is InChI=1S/C27H22N2O4S/c1-15-13-16(2)22-20(14-15)34-27(28-22)29-23(17-7-5-4-6-8-17)21(25(31)26(29)32)24(30)18-9-11-19(33-3)12-10-18/h4-14,23,30H,1-3H3. The van der Waals surface area contributed by atoms with Crippen LogP contribution in [0.15, 0.2) is 72.3 Å². The number of amides is 1. The molecule has 7 heteroatoms. The lowest BCUT2D eigenvalue weighted by atomic mass is 9.95. The predicted octanol–water partition coefficient (Wildman–Crippen LogP) is 5.55. The monoisotopic (exact) mass is 470 g/mol. The van der Waals surface area contributed by atoms with Crippen LogP contribution in [0.1, 0.15) is 28.3 Å². The fraction of sp³-hybridized carbons (Fsp3) is 0.148. The van der Waals surface area contributed by atoms with Crippen LogP contribution in [0.25, 0.3) is 16.0 Å². The van der Waals surface area contributed by atoms with E-state index in [9.17, 15) is 14.7 Å². The molecule has 34 heavy (non-hydrogen) atoms. The molecule has 0 saturated carbocycles. The first-order valence-electron chi connectivity index (χ1n) is 10.8. The Balaban J connectivity index is 1.71. The first-order valence-corrected chi connectivity index (χ1v) is 11.6. The number of nitrogens with zero attached hydrogens (tertiary/aromatic N) is 2. The van der Waals surface area contributed by atoms with Crippen molar-refractivity contribution in [2.75, 3.05) is 12.0 Å². The molecule has 1 unspecified atom stereocenters. The number of thiazole rings is 1. The summed E-state index contributed by atoms with van der Waals surface area (Å²) in [5.74, 6) is -1.06. The Morgan fingerprint density at radius 2 is 1.74 bits per heavy atom. The van der Waals surface area contributed by atoms with Gasteiger partial charge in [0.15, 0.2) is 5.13 Å². The van der Waals surface area contributed by atoms with E-state index in [4.69, 9.17) is 9.72 Å². The van der Waals surface area contributed by atoms with Crippen LogP contribution in [0.2, 0.25) is 0 Å². The minimum absolute atomic E-state index is 0.0357. The van der Waals surface area contributed by atoms with E-state index in [1.54, 1.807) is 31.4 Å². The van der Waals surface area contributed by atoms with Gasteiger partial charge in [0.05, 0.1) is 28.9 Å². The summed E-state index contributed by atoms with van der Waals surface area (Å²) in [7, 11) is 1.55. The van der Waals surface area contributed by atoms with Gasteiger partial charge in [-0.2, -0.15) is 0 Å². The number of ketones is 1. The Labute approximate surface area is 200 Å². The Morgan fingerprint density at radius 1 is 1.03 bits per heavy atom. The maximum atomic E-state index is 13.3. The molecule has 1 N–H and O–H groups in total. The van der Waals surface area contributed by atoms with E-state index >= 15 is 0 Å². The van der Waals surface area contributed by atoms with E-state index in [0.717, 1.165) is 21.3 Å². The van der Waals surface area contributed by atoms with Crippen LogP contribution in [0.3, 0.4) is 0 Å². The Kier molecular flexibility index (Phi) is 5.42. The summed E-state index contributed by atoms with van der Waals surface area (Å²) in [6.45, 7) is 3.99. The first kappa shape index (κ1) is 21.9. The van der Waals surface area contributed by atoms with Gasteiger partial charge in [0.1, 0.15) is 11.5 Å². The van der Waals surface area contributed by atoms with Crippen molar-refractivity contribution in [2.24, 2.45) is 0 Å². The average Bonchev–Trinajstić information content (AvgIpc) is 3.38. The molecule has 1 saturated heterocycles. The second kappa shape index (κ2) is 8.43. The smallest absolute Gasteiger partial charge is 0.301 e. The van der Waals surface area contributed by atoms with E-state index in [0.29, 0.717) is 22.0 Å².